The molecular weight excluding hydrogens is 318 g/mol. The van der Waals surface area contributed by atoms with Crippen LogP contribution < -0.4 is 16.8 Å². The number of nitrogens with zero attached hydrogens (tertiary/aromatic N) is 3. The van der Waals surface area contributed by atoms with Gasteiger partial charge in [0, 0.05) is 36.5 Å². The first kappa shape index (κ1) is 17.6. The number of nitrogen functional groups attached to an aromatic ring is 1. The molecule has 0 spiro atoms. The van der Waals surface area contributed by atoms with Gasteiger partial charge < -0.3 is 21.5 Å². The van der Waals surface area contributed by atoms with Crippen molar-refractivity contribution in [3.63, 3.8) is 0 Å². The minimum Gasteiger partial charge on any atom is -0.381 e. The van der Waals surface area contributed by atoms with Crippen LogP contribution in [0.3, 0.4) is 0 Å². The Bertz CT molecular complexity index is 648. The number of anilines is 3. The van der Waals surface area contributed by atoms with Crippen LogP contribution in [-0.4, -0.2) is 39.4 Å². The van der Waals surface area contributed by atoms with Gasteiger partial charge in [-0.3, -0.25) is 5.10 Å². The number of H-pyrrole nitrogens is 1. The molecular formula is C17H27N7O. The summed E-state index contributed by atoms with van der Waals surface area (Å²) in [5, 5.41) is 10.3. The average molecular weight is 345 g/mol. The molecule has 6 N–H and O–H groups in total. The summed E-state index contributed by atoms with van der Waals surface area (Å²) >= 11 is 0. The first-order valence-electron chi connectivity index (χ1n) is 8.95. The van der Waals surface area contributed by atoms with Crippen molar-refractivity contribution in [3.8, 4) is 0 Å². The van der Waals surface area contributed by atoms with E-state index in [-0.39, 0.29) is 5.95 Å². The number of nitrogens with two attached hydrogens (primary N) is 2. The van der Waals surface area contributed by atoms with E-state index in [1.165, 1.54) is 32.1 Å². The van der Waals surface area contributed by atoms with Crippen LogP contribution in [0.2, 0.25) is 0 Å². The van der Waals surface area contributed by atoms with E-state index in [1.807, 2.05) is 6.07 Å². The molecule has 1 saturated carbocycles. The molecule has 0 radical (unpaired) electrons. The van der Waals surface area contributed by atoms with Crippen LogP contribution in [0.1, 0.15) is 50.1 Å². The van der Waals surface area contributed by atoms with E-state index in [2.05, 4.69) is 25.5 Å². The first-order chi connectivity index (χ1) is 12.2. The minimum atomic E-state index is 0.236. The van der Waals surface area contributed by atoms with Crippen molar-refractivity contribution in [1.82, 2.24) is 20.2 Å². The molecule has 1 aliphatic carbocycles. The number of rotatable bonds is 3. The fraction of sp³-hybridized carbons (Fsp3) is 0.588. The van der Waals surface area contributed by atoms with Crippen molar-refractivity contribution in [2.24, 2.45) is 5.73 Å². The Labute approximate surface area is 147 Å². The lowest BCUT2D eigenvalue weighted by atomic mass is 9.97. The molecule has 1 atom stereocenters. The molecule has 25 heavy (non-hydrogen) atoms. The summed E-state index contributed by atoms with van der Waals surface area (Å²) < 4.78 is 5.35. The van der Waals surface area contributed by atoms with Gasteiger partial charge in [-0.15, -0.1) is 0 Å². The Morgan fingerprint density at radius 2 is 2.00 bits per heavy atom. The fourth-order valence-electron chi connectivity index (χ4n) is 3.10. The number of ether oxygens (including phenoxy) is 1. The lowest BCUT2D eigenvalue weighted by Crippen LogP contribution is -2.22. The summed E-state index contributed by atoms with van der Waals surface area (Å²) in [6, 6.07) is 4.25. The van der Waals surface area contributed by atoms with E-state index in [0.717, 1.165) is 31.1 Å². The molecule has 0 bridgehead atoms. The second-order valence-corrected chi connectivity index (χ2v) is 6.59. The smallest absolute Gasteiger partial charge is 0.221 e. The number of aromatic amines is 1. The quantitative estimate of drug-likeness (QED) is 0.672. The molecule has 8 nitrogen and oxygen atoms in total. The van der Waals surface area contributed by atoms with Crippen LogP contribution >= 0.6 is 0 Å². The number of hydrogen-bond donors (Lipinski definition) is 4. The highest BCUT2D eigenvalue weighted by Crippen LogP contribution is 2.25. The maximum atomic E-state index is 5.63. The minimum absolute atomic E-state index is 0.236. The predicted molar refractivity (Wildman–Crippen MR) is 97.6 cm³/mol. The molecule has 2 aliphatic rings. The summed E-state index contributed by atoms with van der Waals surface area (Å²) in [4.78, 5) is 7.88. The molecule has 1 unspecified atom stereocenters. The van der Waals surface area contributed by atoms with Gasteiger partial charge >= 0.3 is 0 Å². The topological polar surface area (TPSA) is 128 Å². The standard InChI is InChI=1S/C11H14N6O.C6H13N/c12-11-13-3-1-9(15-11)14-10-5-8(16-17-10)7-2-4-18-6-7;7-6-4-2-1-3-5-6/h1,3,5,7H,2,4,6H2,(H4,12,13,14,15,16,17);6H,1-5,7H2. The van der Waals surface area contributed by atoms with Gasteiger partial charge in [-0.2, -0.15) is 10.1 Å². The molecule has 2 aromatic heterocycles. The van der Waals surface area contributed by atoms with Crippen molar-refractivity contribution in [2.75, 3.05) is 24.3 Å². The van der Waals surface area contributed by atoms with Gasteiger partial charge in [0.05, 0.1) is 6.61 Å². The van der Waals surface area contributed by atoms with Gasteiger partial charge in [0.25, 0.3) is 0 Å². The molecule has 8 heteroatoms. The van der Waals surface area contributed by atoms with E-state index in [0.29, 0.717) is 17.8 Å². The molecule has 136 valence electrons. The Morgan fingerprint density at radius 1 is 1.16 bits per heavy atom. The Hall–Kier alpha value is -2.19. The van der Waals surface area contributed by atoms with Gasteiger partial charge in [0.2, 0.25) is 5.95 Å². The lowest BCUT2D eigenvalue weighted by molar-refractivity contribution is 0.193. The van der Waals surface area contributed by atoms with Crippen molar-refractivity contribution in [3.05, 3.63) is 24.0 Å². The summed E-state index contributed by atoms with van der Waals surface area (Å²) in [6.07, 6.45) is 9.29. The third kappa shape index (κ3) is 5.40. The monoisotopic (exact) mass is 345 g/mol. The van der Waals surface area contributed by atoms with Crippen molar-refractivity contribution in [1.29, 1.82) is 0 Å². The van der Waals surface area contributed by atoms with Crippen LogP contribution in [-0.2, 0) is 4.74 Å². The van der Waals surface area contributed by atoms with Crippen LogP contribution in [0.4, 0.5) is 17.6 Å². The largest absolute Gasteiger partial charge is 0.381 e. The van der Waals surface area contributed by atoms with Gasteiger partial charge in [0.15, 0.2) is 5.82 Å². The van der Waals surface area contributed by atoms with E-state index in [1.54, 1.807) is 12.3 Å². The Kier molecular flexibility index (Phi) is 6.19. The summed E-state index contributed by atoms with van der Waals surface area (Å²) in [5.74, 6) is 1.99. The maximum Gasteiger partial charge on any atom is 0.221 e. The maximum absolute atomic E-state index is 5.63. The Morgan fingerprint density at radius 3 is 2.64 bits per heavy atom. The molecule has 2 fully saturated rings. The zero-order valence-corrected chi connectivity index (χ0v) is 14.4. The van der Waals surface area contributed by atoms with Gasteiger partial charge in [-0.1, -0.05) is 19.3 Å². The fourth-order valence-corrected chi connectivity index (χ4v) is 3.10. The third-order valence-electron chi connectivity index (χ3n) is 4.55. The van der Waals surface area contributed by atoms with Crippen LogP contribution in [0, 0.1) is 0 Å². The third-order valence-corrected chi connectivity index (χ3v) is 4.55. The normalized spacial score (nSPS) is 20.8. The molecule has 0 amide bonds. The first-order valence-corrected chi connectivity index (χ1v) is 8.95. The highest BCUT2D eigenvalue weighted by Gasteiger charge is 2.19. The molecule has 2 aromatic rings. The van der Waals surface area contributed by atoms with Crippen LogP contribution in [0.15, 0.2) is 18.3 Å². The molecule has 0 aromatic carbocycles. The van der Waals surface area contributed by atoms with Gasteiger partial charge in [-0.25, -0.2) is 4.98 Å². The summed E-state index contributed by atoms with van der Waals surface area (Å²) in [7, 11) is 0. The van der Waals surface area contributed by atoms with E-state index >= 15 is 0 Å². The molecule has 4 rings (SSSR count). The highest BCUT2D eigenvalue weighted by molar-refractivity contribution is 5.52. The van der Waals surface area contributed by atoms with Crippen molar-refractivity contribution in [2.45, 2.75) is 50.5 Å². The van der Waals surface area contributed by atoms with Crippen molar-refractivity contribution < 1.29 is 4.74 Å². The molecule has 1 aliphatic heterocycles. The molecule has 3 heterocycles. The SMILES string of the molecule is NC1CCCCC1.Nc1nccc(Nc2cc(C3CCOC3)[nH]n2)n1. The highest BCUT2D eigenvalue weighted by atomic mass is 16.5. The summed E-state index contributed by atoms with van der Waals surface area (Å²) in [6.45, 7) is 1.57. The Balaban J connectivity index is 0.000000219. The zero-order chi connectivity index (χ0) is 17.5. The van der Waals surface area contributed by atoms with Crippen LogP contribution in [0.5, 0.6) is 0 Å². The van der Waals surface area contributed by atoms with Crippen molar-refractivity contribution >= 4 is 17.6 Å². The summed E-state index contributed by atoms with van der Waals surface area (Å²) in [5.41, 5.74) is 12.2. The second kappa shape index (κ2) is 8.77. The number of aromatic nitrogens is 4. The van der Waals surface area contributed by atoms with Crippen LogP contribution in [0.25, 0.3) is 0 Å². The lowest BCUT2D eigenvalue weighted by Gasteiger charge is -2.15. The van der Waals surface area contributed by atoms with E-state index in [9.17, 15) is 0 Å². The van der Waals surface area contributed by atoms with Gasteiger partial charge in [-0.05, 0) is 25.3 Å². The zero-order valence-electron chi connectivity index (χ0n) is 14.4. The average Bonchev–Trinajstić information content (AvgIpc) is 3.27. The second-order valence-electron chi connectivity index (χ2n) is 6.59. The molecule has 1 saturated heterocycles. The van der Waals surface area contributed by atoms with Gasteiger partial charge in [0.1, 0.15) is 5.82 Å². The van der Waals surface area contributed by atoms with E-state index in [4.69, 9.17) is 16.2 Å². The predicted octanol–water partition coefficient (Wildman–Crippen LogP) is 2.31. The number of nitrogens with one attached hydrogen (secondary N) is 2. The number of hydrogen-bond acceptors (Lipinski definition) is 7. The van der Waals surface area contributed by atoms with E-state index < -0.39 is 0 Å².